The van der Waals surface area contributed by atoms with Crippen molar-refractivity contribution in [3.63, 3.8) is 0 Å². The first-order chi connectivity index (χ1) is 7.72. The fourth-order valence-electron chi connectivity index (χ4n) is 1.84. The Hall–Kier alpha value is -0.900. The normalized spacial score (nSPS) is 13.1. The maximum atomic E-state index is 5.28. The standard InChI is InChI=1S/C13H21NO2/c1-10-7-5-6-8-11(10)9-12(14-2)13(15-3)16-4/h5-8,12-14H,9H2,1-4H3. The molecular weight excluding hydrogens is 202 g/mol. The van der Waals surface area contributed by atoms with E-state index in [4.69, 9.17) is 9.47 Å². The Morgan fingerprint density at radius 1 is 1.19 bits per heavy atom. The van der Waals surface area contributed by atoms with Crippen molar-refractivity contribution >= 4 is 0 Å². The van der Waals surface area contributed by atoms with Crippen molar-refractivity contribution in [2.24, 2.45) is 0 Å². The summed E-state index contributed by atoms with van der Waals surface area (Å²) in [7, 11) is 5.25. The molecule has 1 aromatic rings. The molecular formula is C13H21NO2. The molecule has 0 saturated carbocycles. The van der Waals surface area contributed by atoms with Gasteiger partial charge in [0.2, 0.25) is 0 Å². The van der Waals surface area contributed by atoms with Gasteiger partial charge in [0.15, 0.2) is 6.29 Å². The minimum atomic E-state index is -0.218. The third-order valence-electron chi connectivity index (χ3n) is 2.87. The highest BCUT2D eigenvalue weighted by atomic mass is 16.7. The summed E-state index contributed by atoms with van der Waals surface area (Å²) in [5.74, 6) is 0. The van der Waals surface area contributed by atoms with Crippen molar-refractivity contribution in [1.82, 2.24) is 5.32 Å². The van der Waals surface area contributed by atoms with E-state index in [1.165, 1.54) is 11.1 Å². The van der Waals surface area contributed by atoms with Crippen molar-refractivity contribution in [2.75, 3.05) is 21.3 Å². The molecule has 0 heterocycles. The van der Waals surface area contributed by atoms with Gasteiger partial charge in [0.05, 0.1) is 6.04 Å². The minimum absolute atomic E-state index is 0.163. The Morgan fingerprint density at radius 2 is 1.81 bits per heavy atom. The average Bonchev–Trinajstić information content (AvgIpc) is 2.31. The van der Waals surface area contributed by atoms with Crippen molar-refractivity contribution in [3.8, 4) is 0 Å². The Balaban J connectivity index is 2.73. The molecule has 1 aromatic carbocycles. The number of benzene rings is 1. The highest BCUT2D eigenvalue weighted by Gasteiger charge is 2.19. The molecule has 0 spiro atoms. The molecule has 1 rings (SSSR count). The summed E-state index contributed by atoms with van der Waals surface area (Å²) in [4.78, 5) is 0. The third-order valence-corrected chi connectivity index (χ3v) is 2.87. The van der Waals surface area contributed by atoms with Crippen molar-refractivity contribution in [2.45, 2.75) is 25.7 Å². The largest absolute Gasteiger partial charge is 0.354 e. The lowest BCUT2D eigenvalue weighted by Crippen LogP contribution is -2.41. The lowest BCUT2D eigenvalue weighted by molar-refractivity contribution is -0.121. The first-order valence-corrected chi connectivity index (χ1v) is 5.50. The summed E-state index contributed by atoms with van der Waals surface area (Å²) in [5.41, 5.74) is 2.62. The topological polar surface area (TPSA) is 30.5 Å². The lowest BCUT2D eigenvalue weighted by atomic mass is 10.0. The maximum Gasteiger partial charge on any atom is 0.172 e. The minimum Gasteiger partial charge on any atom is -0.354 e. The molecule has 0 aliphatic carbocycles. The van der Waals surface area contributed by atoms with E-state index in [1.807, 2.05) is 7.05 Å². The van der Waals surface area contributed by atoms with Gasteiger partial charge in [0, 0.05) is 14.2 Å². The average molecular weight is 223 g/mol. The number of hydrogen-bond acceptors (Lipinski definition) is 3. The second-order valence-corrected chi connectivity index (χ2v) is 3.87. The molecule has 3 nitrogen and oxygen atoms in total. The fourth-order valence-corrected chi connectivity index (χ4v) is 1.84. The molecule has 16 heavy (non-hydrogen) atoms. The van der Waals surface area contributed by atoms with Gasteiger partial charge >= 0.3 is 0 Å². The summed E-state index contributed by atoms with van der Waals surface area (Å²) >= 11 is 0. The van der Waals surface area contributed by atoms with Crippen LogP contribution in [0.2, 0.25) is 0 Å². The van der Waals surface area contributed by atoms with E-state index in [1.54, 1.807) is 14.2 Å². The van der Waals surface area contributed by atoms with Crippen molar-refractivity contribution in [1.29, 1.82) is 0 Å². The van der Waals surface area contributed by atoms with Crippen LogP contribution in [-0.4, -0.2) is 33.6 Å². The van der Waals surface area contributed by atoms with Crippen LogP contribution in [0.5, 0.6) is 0 Å². The zero-order chi connectivity index (χ0) is 12.0. The van der Waals surface area contributed by atoms with Crippen LogP contribution >= 0.6 is 0 Å². The molecule has 90 valence electrons. The SMILES string of the molecule is CNC(Cc1ccccc1C)C(OC)OC. The van der Waals surface area contributed by atoms with Gasteiger partial charge in [0.25, 0.3) is 0 Å². The summed E-state index contributed by atoms with van der Waals surface area (Å²) in [6, 6.07) is 8.54. The number of rotatable bonds is 6. The molecule has 1 atom stereocenters. The summed E-state index contributed by atoms with van der Waals surface area (Å²) < 4.78 is 10.6. The quantitative estimate of drug-likeness (QED) is 0.745. The number of ether oxygens (including phenoxy) is 2. The van der Waals surface area contributed by atoms with Crippen LogP contribution in [0, 0.1) is 6.92 Å². The van der Waals surface area contributed by atoms with Gasteiger partial charge in [-0.3, -0.25) is 0 Å². The number of likely N-dealkylation sites (N-methyl/N-ethyl adjacent to an activating group) is 1. The Bertz CT molecular complexity index is 311. The Labute approximate surface area is 97.8 Å². The third kappa shape index (κ3) is 3.30. The summed E-state index contributed by atoms with van der Waals surface area (Å²) in [5, 5.41) is 3.23. The monoisotopic (exact) mass is 223 g/mol. The van der Waals surface area contributed by atoms with E-state index >= 15 is 0 Å². The lowest BCUT2D eigenvalue weighted by Gasteiger charge is -2.24. The Kier molecular flexibility index (Phi) is 5.46. The zero-order valence-electron chi connectivity index (χ0n) is 10.5. The molecule has 0 fully saturated rings. The van der Waals surface area contributed by atoms with E-state index in [0.29, 0.717) is 0 Å². The highest BCUT2D eigenvalue weighted by Crippen LogP contribution is 2.12. The molecule has 1 unspecified atom stereocenters. The van der Waals surface area contributed by atoms with E-state index in [2.05, 4.69) is 36.5 Å². The summed E-state index contributed by atoms with van der Waals surface area (Å²) in [6.07, 6.45) is 0.680. The molecule has 0 aromatic heterocycles. The van der Waals surface area contributed by atoms with Gasteiger partial charge in [-0.05, 0) is 31.5 Å². The predicted molar refractivity (Wildman–Crippen MR) is 65.5 cm³/mol. The van der Waals surface area contributed by atoms with Crippen LogP contribution in [0.3, 0.4) is 0 Å². The molecule has 0 radical (unpaired) electrons. The van der Waals surface area contributed by atoms with E-state index < -0.39 is 0 Å². The molecule has 0 aliphatic heterocycles. The summed E-state index contributed by atoms with van der Waals surface area (Å²) in [6.45, 7) is 2.12. The molecule has 0 saturated heterocycles. The second-order valence-electron chi connectivity index (χ2n) is 3.87. The second kappa shape index (κ2) is 6.63. The first-order valence-electron chi connectivity index (χ1n) is 5.50. The van der Waals surface area contributed by atoms with Crippen LogP contribution in [0.1, 0.15) is 11.1 Å². The molecule has 3 heteroatoms. The zero-order valence-corrected chi connectivity index (χ0v) is 10.5. The van der Waals surface area contributed by atoms with Gasteiger partial charge in [0.1, 0.15) is 0 Å². The van der Waals surface area contributed by atoms with Crippen LogP contribution in [-0.2, 0) is 15.9 Å². The number of hydrogen-bond donors (Lipinski definition) is 1. The molecule has 1 N–H and O–H groups in total. The first kappa shape index (κ1) is 13.2. The van der Waals surface area contributed by atoms with Crippen LogP contribution < -0.4 is 5.32 Å². The molecule has 0 amide bonds. The highest BCUT2D eigenvalue weighted by molar-refractivity contribution is 5.26. The smallest absolute Gasteiger partial charge is 0.172 e. The van der Waals surface area contributed by atoms with Gasteiger partial charge in [-0.15, -0.1) is 0 Å². The molecule has 0 aliphatic rings. The van der Waals surface area contributed by atoms with Gasteiger partial charge in [-0.2, -0.15) is 0 Å². The number of methoxy groups -OCH3 is 2. The van der Waals surface area contributed by atoms with Gasteiger partial charge in [-0.1, -0.05) is 24.3 Å². The van der Waals surface area contributed by atoms with Crippen LogP contribution in [0.25, 0.3) is 0 Å². The molecule has 0 bridgehead atoms. The fraction of sp³-hybridized carbons (Fsp3) is 0.538. The van der Waals surface area contributed by atoms with Gasteiger partial charge < -0.3 is 14.8 Å². The maximum absolute atomic E-state index is 5.28. The van der Waals surface area contributed by atoms with E-state index in [9.17, 15) is 0 Å². The number of nitrogens with one attached hydrogen (secondary N) is 1. The predicted octanol–water partition coefficient (Wildman–Crippen LogP) is 1.74. The van der Waals surface area contributed by atoms with E-state index in [0.717, 1.165) is 6.42 Å². The van der Waals surface area contributed by atoms with Crippen LogP contribution in [0.15, 0.2) is 24.3 Å². The van der Waals surface area contributed by atoms with Crippen molar-refractivity contribution < 1.29 is 9.47 Å². The number of aryl methyl sites for hydroxylation is 1. The Morgan fingerprint density at radius 3 is 2.31 bits per heavy atom. The van der Waals surface area contributed by atoms with Gasteiger partial charge in [-0.25, -0.2) is 0 Å². The van der Waals surface area contributed by atoms with Crippen LogP contribution in [0.4, 0.5) is 0 Å². The van der Waals surface area contributed by atoms with Crippen molar-refractivity contribution in [3.05, 3.63) is 35.4 Å². The van der Waals surface area contributed by atoms with E-state index in [-0.39, 0.29) is 12.3 Å².